The molecule has 0 spiro atoms. The molecule has 0 radical (unpaired) electrons. The summed E-state index contributed by atoms with van der Waals surface area (Å²) in [6.45, 7) is 0.803. The number of fused-ring (bicyclic) bond motifs is 1. The van der Waals surface area contributed by atoms with Crippen molar-refractivity contribution in [2.75, 3.05) is 14.2 Å². The highest BCUT2D eigenvalue weighted by atomic mass is 16.5. The number of carbonyl (C=O) groups excluding carboxylic acids is 1. The SMILES string of the molecule is COc1ccc(CCC(=O)NC2CCc3nccn3C2)cc1OC. The third-order valence-electron chi connectivity index (χ3n) is 4.39. The molecule has 1 N–H and O–H groups in total. The van der Waals surface area contributed by atoms with Gasteiger partial charge in [-0.15, -0.1) is 0 Å². The first kappa shape index (κ1) is 16.4. The number of hydrogen-bond donors (Lipinski definition) is 1. The molecule has 1 aliphatic heterocycles. The van der Waals surface area contributed by atoms with E-state index < -0.39 is 0 Å². The van der Waals surface area contributed by atoms with Crippen molar-refractivity contribution in [3.05, 3.63) is 42.0 Å². The maximum Gasteiger partial charge on any atom is 0.220 e. The highest BCUT2D eigenvalue weighted by molar-refractivity contribution is 5.76. The van der Waals surface area contributed by atoms with E-state index in [1.54, 1.807) is 14.2 Å². The minimum absolute atomic E-state index is 0.0818. The van der Waals surface area contributed by atoms with Crippen LogP contribution in [0.4, 0.5) is 0 Å². The largest absolute Gasteiger partial charge is 0.493 e. The van der Waals surface area contributed by atoms with Crippen molar-refractivity contribution in [1.29, 1.82) is 0 Å². The third kappa shape index (κ3) is 3.69. The summed E-state index contributed by atoms with van der Waals surface area (Å²) in [7, 11) is 3.22. The van der Waals surface area contributed by atoms with Crippen LogP contribution in [-0.2, 0) is 24.2 Å². The lowest BCUT2D eigenvalue weighted by Gasteiger charge is -2.24. The van der Waals surface area contributed by atoms with Crippen molar-refractivity contribution < 1.29 is 14.3 Å². The first-order chi connectivity index (χ1) is 11.7. The summed E-state index contributed by atoms with van der Waals surface area (Å²) >= 11 is 0. The molecule has 0 fully saturated rings. The molecule has 3 rings (SSSR count). The van der Waals surface area contributed by atoms with Gasteiger partial charge in [-0.2, -0.15) is 0 Å². The van der Waals surface area contributed by atoms with Gasteiger partial charge in [-0.25, -0.2) is 4.98 Å². The Hall–Kier alpha value is -2.50. The fourth-order valence-corrected chi connectivity index (χ4v) is 3.08. The molecule has 1 aromatic heterocycles. The molecule has 1 amide bonds. The second kappa shape index (κ2) is 7.38. The Labute approximate surface area is 141 Å². The van der Waals surface area contributed by atoms with Crippen LogP contribution in [0.15, 0.2) is 30.6 Å². The lowest BCUT2D eigenvalue weighted by Crippen LogP contribution is -2.40. The zero-order valence-corrected chi connectivity index (χ0v) is 14.1. The van der Waals surface area contributed by atoms with E-state index in [0.29, 0.717) is 24.3 Å². The maximum absolute atomic E-state index is 12.2. The smallest absolute Gasteiger partial charge is 0.220 e. The molecular formula is C18H23N3O3. The van der Waals surface area contributed by atoms with Crippen LogP contribution in [0.1, 0.15) is 24.2 Å². The van der Waals surface area contributed by atoms with Crippen LogP contribution >= 0.6 is 0 Å². The second-order valence-electron chi connectivity index (χ2n) is 5.99. The van der Waals surface area contributed by atoms with Crippen molar-refractivity contribution in [2.24, 2.45) is 0 Å². The molecule has 0 saturated carbocycles. The minimum Gasteiger partial charge on any atom is -0.493 e. The van der Waals surface area contributed by atoms with Crippen LogP contribution in [0, 0.1) is 0 Å². The minimum atomic E-state index is 0.0818. The van der Waals surface area contributed by atoms with Gasteiger partial charge < -0.3 is 19.4 Å². The van der Waals surface area contributed by atoms with Crippen LogP contribution in [0.2, 0.25) is 0 Å². The molecular weight excluding hydrogens is 306 g/mol. The number of methoxy groups -OCH3 is 2. The van der Waals surface area contributed by atoms with E-state index in [1.807, 2.05) is 30.6 Å². The number of hydrogen-bond acceptors (Lipinski definition) is 4. The number of imidazole rings is 1. The van der Waals surface area contributed by atoms with Crippen LogP contribution in [-0.4, -0.2) is 35.7 Å². The lowest BCUT2D eigenvalue weighted by molar-refractivity contribution is -0.122. The van der Waals surface area contributed by atoms with Gasteiger partial charge in [0.05, 0.1) is 14.2 Å². The normalized spacial score (nSPS) is 16.3. The number of amides is 1. The maximum atomic E-state index is 12.2. The van der Waals surface area contributed by atoms with Crippen molar-refractivity contribution in [3.63, 3.8) is 0 Å². The Kier molecular flexibility index (Phi) is 5.03. The summed E-state index contributed by atoms with van der Waals surface area (Å²) < 4.78 is 12.6. The molecule has 0 saturated heterocycles. The quantitative estimate of drug-likeness (QED) is 0.880. The highest BCUT2D eigenvalue weighted by Crippen LogP contribution is 2.28. The molecule has 0 bridgehead atoms. The third-order valence-corrected chi connectivity index (χ3v) is 4.39. The molecule has 0 aliphatic carbocycles. The van der Waals surface area contributed by atoms with E-state index in [0.717, 1.165) is 30.8 Å². The Balaban J connectivity index is 1.51. The molecule has 1 aliphatic rings. The fourth-order valence-electron chi connectivity index (χ4n) is 3.08. The zero-order valence-electron chi connectivity index (χ0n) is 14.1. The summed E-state index contributed by atoms with van der Waals surface area (Å²) in [4.78, 5) is 16.5. The number of aromatic nitrogens is 2. The summed E-state index contributed by atoms with van der Waals surface area (Å²) in [5.41, 5.74) is 1.06. The van der Waals surface area contributed by atoms with Gasteiger partial charge in [0.1, 0.15) is 5.82 Å². The number of nitrogens with one attached hydrogen (secondary N) is 1. The predicted molar refractivity (Wildman–Crippen MR) is 90.3 cm³/mol. The Morgan fingerprint density at radius 2 is 2.17 bits per heavy atom. The van der Waals surface area contributed by atoms with Gasteiger partial charge >= 0.3 is 0 Å². The molecule has 24 heavy (non-hydrogen) atoms. The van der Waals surface area contributed by atoms with Crippen LogP contribution in [0.3, 0.4) is 0 Å². The molecule has 2 aromatic rings. The molecule has 1 atom stereocenters. The second-order valence-corrected chi connectivity index (χ2v) is 5.99. The summed E-state index contributed by atoms with van der Waals surface area (Å²) in [5, 5.41) is 3.13. The molecule has 6 heteroatoms. The van der Waals surface area contributed by atoms with Gasteiger partial charge in [0.2, 0.25) is 5.91 Å². The molecule has 2 heterocycles. The van der Waals surface area contributed by atoms with Crippen LogP contribution in [0.5, 0.6) is 11.5 Å². The Bertz CT molecular complexity index is 711. The van der Waals surface area contributed by atoms with E-state index in [2.05, 4.69) is 14.9 Å². The first-order valence-corrected chi connectivity index (χ1v) is 8.20. The topological polar surface area (TPSA) is 65.4 Å². The van der Waals surface area contributed by atoms with E-state index in [4.69, 9.17) is 9.47 Å². The highest BCUT2D eigenvalue weighted by Gasteiger charge is 2.20. The van der Waals surface area contributed by atoms with Crippen LogP contribution in [0.25, 0.3) is 0 Å². The van der Waals surface area contributed by atoms with E-state index in [1.165, 1.54) is 0 Å². The summed E-state index contributed by atoms with van der Waals surface area (Å²) in [6.07, 6.45) is 6.78. The Morgan fingerprint density at radius 3 is 2.96 bits per heavy atom. The number of carbonyl (C=O) groups is 1. The van der Waals surface area contributed by atoms with Gasteiger partial charge in [-0.1, -0.05) is 6.07 Å². The predicted octanol–water partition coefficient (Wildman–Crippen LogP) is 1.96. The summed E-state index contributed by atoms with van der Waals surface area (Å²) in [6, 6.07) is 5.94. The molecule has 6 nitrogen and oxygen atoms in total. The number of ether oxygens (including phenoxy) is 2. The van der Waals surface area contributed by atoms with Crippen LogP contribution < -0.4 is 14.8 Å². The van der Waals surface area contributed by atoms with Crippen molar-refractivity contribution in [2.45, 2.75) is 38.3 Å². The van der Waals surface area contributed by atoms with Crippen molar-refractivity contribution in [1.82, 2.24) is 14.9 Å². The van der Waals surface area contributed by atoms with E-state index >= 15 is 0 Å². The van der Waals surface area contributed by atoms with Crippen molar-refractivity contribution >= 4 is 5.91 Å². The lowest BCUT2D eigenvalue weighted by atomic mass is 10.1. The van der Waals surface area contributed by atoms with Gasteiger partial charge in [0.15, 0.2) is 11.5 Å². The van der Waals surface area contributed by atoms with Gasteiger partial charge in [0.25, 0.3) is 0 Å². The standard InChI is InChI=1S/C18H23N3O3/c1-23-15-6-3-13(11-16(15)24-2)4-8-18(22)20-14-5-7-17-19-9-10-21(17)12-14/h3,6,9-11,14H,4-5,7-8,12H2,1-2H3,(H,20,22). The number of nitrogens with zero attached hydrogens (tertiary/aromatic N) is 2. The summed E-state index contributed by atoms with van der Waals surface area (Å²) in [5.74, 6) is 2.57. The van der Waals surface area contributed by atoms with Gasteiger partial charge in [-0.05, 0) is 30.5 Å². The van der Waals surface area contributed by atoms with Crippen molar-refractivity contribution in [3.8, 4) is 11.5 Å². The average Bonchev–Trinajstić information content (AvgIpc) is 3.07. The number of benzene rings is 1. The Morgan fingerprint density at radius 1 is 1.33 bits per heavy atom. The number of aryl methyl sites for hydroxylation is 2. The monoisotopic (exact) mass is 329 g/mol. The molecule has 128 valence electrons. The zero-order chi connectivity index (χ0) is 16.9. The average molecular weight is 329 g/mol. The first-order valence-electron chi connectivity index (χ1n) is 8.20. The van der Waals surface area contributed by atoms with Gasteiger partial charge in [0, 0.05) is 37.8 Å². The van der Waals surface area contributed by atoms with Gasteiger partial charge in [-0.3, -0.25) is 4.79 Å². The van der Waals surface area contributed by atoms with E-state index in [9.17, 15) is 4.79 Å². The number of rotatable bonds is 6. The molecule has 1 unspecified atom stereocenters. The fraction of sp³-hybridized carbons (Fsp3) is 0.444. The van der Waals surface area contributed by atoms with E-state index in [-0.39, 0.29) is 11.9 Å². The molecule has 1 aromatic carbocycles.